The van der Waals surface area contributed by atoms with Gasteiger partial charge in [0.25, 0.3) is 5.56 Å². The van der Waals surface area contributed by atoms with E-state index in [1.54, 1.807) is 17.8 Å². The zero-order valence-electron chi connectivity index (χ0n) is 7.83. The third-order valence-corrected chi connectivity index (χ3v) is 2.31. The molecule has 0 saturated carbocycles. The fourth-order valence-corrected chi connectivity index (χ4v) is 1.14. The summed E-state index contributed by atoms with van der Waals surface area (Å²) in [6, 6.07) is 1.53. The van der Waals surface area contributed by atoms with E-state index < -0.39 is 0 Å². The van der Waals surface area contributed by atoms with Gasteiger partial charge in [-0.15, -0.1) is 11.6 Å². The monoisotopic (exact) mass is 200 g/mol. The van der Waals surface area contributed by atoms with Crippen LogP contribution in [0.3, 0.4) is 0 Å². The summed E-state index contributed by atoms with van der Waals surface area (Å²) >= 11 is 5.65. The minimum atomic E-state index is -0.00975. The number of rotatable bonds is 3. The Labute approximate surface area is 82.4 Å². The van der Waals surface area contributed by atoms with E-state index in [1.165, 1.54) is 6.07 Å². The molecule has 1 heterocycles. The maximum Gasteiger partial charge on any atom is 0.253 e. The summed E-state index contributed by atoms with van der Waals surface area (Å²) in [7, 11) is 0. The first kappa shape index (κ1) is 10.3. The molecule has 1 aromatic rings. The van der Waals surface area contributed by atoms with Crippen molar-refractivity contribution in [3.05, 3.63) is 28.4 Å². The normalized spacial score (nSPS) is 12.8. The highest BCUT2D eigenvalue weighted by molar-refractivity contribution is 6.18. The molecule has 1 rings (SSSR count). The number of hydrogen-bond donors (Lipinski definition) is 0. The Balaban J connectivity index is 2.84. The zero-order valence-corrected chi connectivity index (χ0v) is 8.58. The summed E-state index contributed by atoms with van der Waals surface area (Å²) in [6.45, 7) is 4.44. The van der Waals surface area contributed by atoms with Gasteiger partial charge in [-0.25, -0.2) is 4.98 Å². The minimum Gasteiger partial charge on any atom is -0.299 e. The summed E-state index contributed by atoms with van der Waals surface area (Å²) in [5.74, 6) is 0.851. The van der Waals surface area contributed by atoms with Gasteiger partial charge in [0.05, 0.1) is 6.33 Å². The molecule has 0 aliphatic rings. The van der Waals surface area contributed by atoms with E-state index in [0.717, 1.165) is 5.69 Å². The first-order valence-corrected chi connectivity index (χ1v) is 4.76. The second-order valence-corrected chi connectivity index (χ2v) is 3.59. The summed E-state index contributed by atoms with van der Waals surface area (Å²) in [5, 5.41) is 0. The van der Waals surface area contributed by atoms with Crippen LogP contribution in [-0.4, -0.2) is 15.4 Å². The molecule has 0 aromatic carbocycles. The van der Waals surface area contributed by atoms with Gasteiger partial charge in [0.15, 0.2) is 0 Å². The van der Waals surface area contributed by atoms with Crippen LogP contribution in [-0.2, 0) is 6.54 Å². The fraction of sp³-hybridized carbons (Fsp3) is 0.556. The van der Waals surface area contributed by atoms with Crippen LogP contribution in [0.25, 0.3) is 0 Å². The standard InChI is InChI=1S/C9H13ClN2O/c1-7(4-10)5-12-6-11-8(2)3-9(12)13/h3,6-7H,4-5H2,1-2H3. The minimum absolute atomic E-state index is 0.00975. The van der Waals surface area contributed by atoms with Crippen LogP contribution in [0, 0.1) is 12.8 Å². The molecule has 13 heavy (non-hydrogen) atoms. The van der Waals surface area contributed by atoms with Crippen molar-refractivity contribution >= 4 is 11.6 Å². The van der Waals surface area contributed by atoms with Gasteiger partial charge in [-0.2, -0.15) is 0 Å². The molecule has 3 nitrogen and oxygen atoms in total. The lowest BCUT2D eigenvalue weighted by Gasteiger charge is -2.09. The molecule has 1 atom stereocenters. The molecule has 0 aliphatic heterocycles. The fourth-order valence-electron chi connectivity index (χ4n) is 1.04. The van der Waals surface area contributed by atoms with Gasteiger partial charge in [-0.05, 0) is 12.8 Å². The van der Waals surface area contributed by atoms with Gasteiger partial charge in [-0.1, -0.05) is 6.92 Å². The number of hydrogen-bond acceptors (Lipinski definition) is 2. The Hall–Kier alpha value is -0.830. The third kappa shape index (κ3) is 2.84. The molecular formula is C9H13ClN2O. The molecule has 0 saturated heterocycles. The highest BCUT2D eigenvalue weighted by atomic mass is 35.5. The van der Waals surface area contributed by atoms with Crippen molar-refractivity contribution in [1.29, 1.82) is 0 Å². The molecule has 0 amide bonds. The Bertz CT molecular complexity index is 335. The number of halogens is 1. The van der Waals surface area contributed by atoms with Crippen molar-refractivity contribution in [2.24, 2.45) is 5.92 Å². The van der Waals surface area contributed by atoms with Gasteiger partial charge in [0.2, 0.25) is 0 Å². The van der Waals surface area contributed by atoms with Crippen LogP contribution < -0.4 is 5.56 Å². The predicted octanol–water partition coefficient (Wildman–Crippen LogP) is 1.43. The summed E-state index contributed by atoms with van der Waals surface area (Å²) in [4.78, 5) is 15.4. The quantitative estimate of drug-likeness (QED) is 0.692. The maximum atomic E-state index is 11.4. The number of alkyl halides is 1. The average molecular weight is 201 g/mol. The van der Waals surface area contributed by atoms with Crippen LogP contribution in [0.2, 0.25) is 0 Å². The van der Waals surface area contributed by atoms with Crippen LogP contribution >= 0.6 is 11.6 Å². The van der Waals surface area contributed by atoms with E-state index >= 15 is 0 Å². The number of aromatic nitrogens is 2. The maximum absolute atomic E-state index is 11.4. The molecule has 1 aromatic heterocycles. The molecule has 72 valence electrons. The van der Waals surface area contributed by atoms with Gasteiger partial charge in [-0.3, -0.25) is 9.36 Å². The molecule has 0 aliphatic carbocycles. The zero-order chi connectivity index (χ0) is 9.84. The van der Waals surface area contributed by atoms with Crippen molar-refractivity contribution in [3.8, 4) is 0 Å². The lowest BCUT2D eigenvalue weighted by Crippen LogP contribution is -2.23. The molecular weight excluding hydrogens is 188 g/mol. The van der Waals surface area contributed by atoms with E-state index in [0.29, 0.717) is 18.3 Å². The van der Waals surface area contributed by atoms with Gasteiger partial charge in [0, 0.05) is 24.2 Å². The third-order valence-electron chi connectivity index (χ3n) is 1.79. The van der Waals surface area contributed by atoms with E-state index in [4.69, 9.17) is 11.6 Å². The van der Waals surface area contributed by atoms with Crippen molar-refractivity contribution < 1.29 is 0 Å². The Morgan fingerprint density at radius 2 is 2.38 bits per heavy atom. The molecule has 0 bridgehead atoms. The first-order chi connectivity index (χ1) is 6.13. The summed E-state index contributed by atoms with van der Waals surface area (Å²) in [6.07, 6.45) is 1.57. The highest BCUT2D eigenvalue weighted by Gasteiger charge is 2.02. The predicted molar refractivity (Wildman–Crippen MR) is 53.1 cm³/mol. The SMILES string of the molecule is Cc1cc(=O)n(CC(C)CCl)cn1. The first-order valence-electron chi connectivity index (χ1n) is 4.22. The van der Waals surface area contributed by atoms with Crippen molar-refractivity contribution in [2.75, 3.05) is 5.88 Å². The Morgan fingerprint density at radius 1 is 1.69 bits per heavy atom. The van der Waals surface area contributed by atoms with E-state index in [1.807, 2.05) is 6.92 Å². The summed E-state index contributed by atoms with van der Waals surface area (Å²) in [5.41, 5.74) is 0.740. The molecule has 0 fully saturated rings. The van der Waals surface area contributed by atoms with Gasteiger partial charge < -0.3 is 0 Å². The van der Waals surface area contributed by atoms with E-state index in [2.05, 4.69) is 4.98 Å². The lowest BCUT2D eigenvalue weighted by atomic mass is 10.2. The van der Waals surface area contributed by atoms with Crippen molar-refractivity contribution in [1.82, 2.24) is 9.55 Å². The van der Waals surface area contributed by atoms with Gasteiger partial charge >= 0.3 is 0 Å². The lowest BCUT2D eigenvalue weighted by molar-refractivity contribution is 0.509. The molecule has 1 unspecified atom stereocenters. The smallest absolute Gasteiger partial charge is 0.253 e. The molecule has 0 radical (unpaired) electrons. The highest BCUT2D eigenvalue weighted by Crippen LogP contribution is 2.00. The van der Waals surface area contributed by atoms with Crippen molar-refractivity contribution in [2.45, 2.75) is 20.4 Å². The summed E-state index contributed by atoms with van der Waals surface area (Å²) < 4.78 is 1.58. The van der Waals surface area contributed by atoms with Crippen LogP contribution in [0.4, 0.5) is 0 Å². The Morgan fingerprint density at radius 3 is 2.92 bits per heavy atom. The Kier molecular flexibility index (Phi) is 3.48. The second-order valence-electron chi connectivity index (χ2n) is 3.28. The molecule has 4 heteroatoms. The van der Waals surface area contributed by atoms with E-state index in [9.17, 15) is 4.79 Å². The van der Waals surface area contributed by atoms with Crippen LogP contribution in [0.15, 0.2) is 17.2 Å². The topological polar surface area (TPSA) is 34.9 Å². The molecule has 0 N–H and O–H groups in total. The average Bonchev–Trinajstić information content (AvgIpc) is 2.09. The van der Waals surface area contributed by atoms with Crippen molar-refractivity contribution in [3.63, 3.8) is 0 Å². The number of nitrogens with zero attached hydrogens (tertiary/aromatic N) is 2. The van der Waals surface area contributed by atoms with Crippen LogP contribution in [0.1, 0.15) is 12.6 Å². The second kappa shape index (κ2) is 4.42. The van der Waals surface area contributed by atoms with Gasteiger partial charge in [0.1, 0.15) is 0 Å². The molecule has 0 spiro atoms. The number of aryl methyl sites for hydroxylation is 1. The largest absolute Gasteiger partial charge is 0.299 e. The van der Waals surface area contributed by atoms with E-state index in [-0.39, 0.29) is 5.56 Å². The van der Waals surface area contributed by atoms with Crippen LogP contribution in [0.5, 0.6) is 0 Å².